The fourth-order valence-electron chi connectivity index (χ4n) is 8.16. The number of hydrogen-bond acceptors (Lipinski definition) is 6. The fraction of sp³-hybridized carbons (Fsp3) is 0.115. The molecule has 6 aromatic carbocycles. The van der Waals surface area contributed by atoms with Crippen molar-refractivity contribution in [3.05, 3.63) is 198 Å². The third kappa shape index (κ3) is 6.65. The fourth-order valence-corrected chi connectivity index (χ4v) is 9.30. The summed E-state index contributed by atoms with van der Waals surface area (Å²) in [5, 5.41) is 3.67. The zero-order chi connectivity index (χ0) is 39.2. The molecule has 0 fully saturated rings. The van der Waals surface area contributed by atoms with Gasteiger partial charge in [0.25, 0.3) is 0 Å². The van der Waals surface area contributed by atoms with Crippen molar-refractivity contribution in [2.45, 2.75) is 32.6 Å². The molecule has 5 nitrogen and oxygen atoms in total. The zero-order valence-corrected chi connectivity index (χ0v) is 33.3. The Balaban J connectivity index is 1.05. The maximum Gasteiger partial charge on any atom is 0.163 e. The van der Waals surface area contributed by atoms with Crippen molar-refractivity contribution in [1.29, 1.82) is 0 Å². The van der Waals surface area contributed by atoms with E-state index in [1.165, 1.54) is 25.7 Å². The summed E-state index contributed by atoms with van der Waals surface area (Å²) in [6.07, 6.45) is 6.60. The van der Waals surface area contributed by atoms with Crippen molar-refractivity contribution in [2.75, 3.05) is 0 Å². The lowest BCUT2D eigenvalue weighted by molar-refractivity contribution is 0.545. The molecule has 58 heavy (non-hydrogen) atoms. The van der Waals surface area contributed by atoms with Crippen molar-refractivity contribution >= 4 is 60.0 Å². The number of rotatable bonds is 8. The smallest absolute Gasteiger partial charge is 0.163 e. The van der Waals surface area contributed by atoms with Gasteiger partial charge >= 0.3 is 0 Å². The second-order valence-electron chi connectivity index (χ2n) is 15.1. The summed E-state index contributed by atoms with van der Waals surface area (Å²) in [5.41, 5.74) is 9.17. The van der Waals surface area contributed by atoms with Crippen molar-refractivity contribution in [3.63, 3.8) is 0 Å². The Bertz CT molecular complexity index is 2990. The second-order valence-corrected chi connectivity index (χ2v) is 16.2. The molecular weight excluding hydrogens is 729 g/mol. The number of allylic oxidation sites excluding steroid dienone is 2. The van der Waals surface area contributed by atoms with Crippen LogP contribution in [-0.2, 0) is 0 Å². The Morgan fingerprint density at radius 2 is 1.33 bits per heavy atom. The van der Waals surface area contributed by atoms with E-state index in [1.807, 2.05) is 47.7 Å². The Labute approximate surface area is 341 Å². The van der Waals surface area contributed by atoms with Crippen molar-refractivity contribution in [2.24, 2.45) is 10.9 Å². The van der Waals surface area contributed by atoms with Crippen LogP contribution in [0.3, 0.4) is 0 Å². The summed E-state index contributed by atoms with van der Waals surface area (Å²) in [4.78, 5) is 20.7. The largest absolute Gasteiger partial charge is 0.456 e. The normalized spacial score (nSPS) is 16.3. The highest BCUT2D eigenvalue weighted by molar-refractivity contribution is 7.25. The Kier molecular flexibility index (Phi) is 9.19. The van der Waals surface area contributed by atoms with Gasteiger partial charge in [-0.3, -0.25) is 4.99 Å². The molecule has 2 unspecified atom stereocenters. The van der Waals surface area contributed by atoms with Crippen LogP contribution in [0.1, 0.15) is 66.4 Å². The Morgan fingerprint density at radius 1 is 0.672 bits per heavy atom. The first kappa shape index (κ1) is 35.6. The highest BCUT2D eigenvalue weighted by Gasteiger charge is 2.33. The Morgan fingerprint density at radius 3 is 2.05 bits per heavy atom. The number of benzene rings is 6. The van der Waals surface area contributed by atoms with E-state index in [4.69, 9.17) is 24.4 Å². The van der Waals surface area contributed by atoms with Crippen molar-refractivity contribution in [1.82, 2.24) is 15.0 Å². The topological polar surface area (TPSA) is 64.2 Å². The molecule has 9 aromatic rings. The van der Waals surface area contributed by atoms with Gasteiger partial charge in [0, 0.05) is 53.9 Å². The van der Waals surface area contributed by atoms with Gasteiger partial charge in [0.1, 0.15) is 17.2 Å². The summed E-state index contributed by atoms with van der Waals surface area (Å²) >= 11 is 1.83. The van der Waals surface area contributed by atoms with Crippen LogP contribution in [0.25, 0.3) is 65.7 Å². The molecule has 0 bridgehead atoms. The molecule has 1 aliphatic carbocycles. The average Bonchev–Trinajstić information content (AvgIpc) is 3.84. The predicted molar refractivity (Wildman–Crippen MR) is 241 cm³/mol. The van der Waals surface area contributed by atoms with Crippen LogP contribution in [0, 0.1) is 5.92 Å². The first-order valence-corrected chi connectivity index (χ1v) is 20.6. The molecule has 0 amide bonds. The molecule has 0 N–H and O–H groups in total. The van der Waals surface area contributed by atoms with Crippen LogP contribution >= 0.6 is 11.3 Å². The molecule has 280 valence electrons. The van der Waals surface area contributed by atoms with Gasteiger partial charge in [0.05, 0.1) is 11.6 Å². The predicted octanol–water partition coefficient (Wildman–Crippen LogP) is 13.8. The summed E-state index contributed by atoms with van der Waals surface area (Å²) in [5.74, 6) is 2.94. The first-order chi connectivity index (χ1) is 28.5. The van der Waals surface area contributed by atoms with Gasteiger partial charge in [-0.2, -0.15) is 0 Å². The maximum atomic E-state index is 6.56. The third-order valence-corrected chi connectivity index (χ3v) is 12.4. The molecule has 3 aromatic heterocycles. The van der Waals surface area contributed by atoms with Gasteiger partial charge < -0.3 is 4.42 Å². The van der Waals surface area contributed by atoms with Crippen LogP contribution < -0.4 is 0 Å². The number of fused-ring (bicyclic) bond motifs is 6. The lowest BCUT2D eigenvalue weighted by atomic mass is 9.80. The quantitative estimate of drug-likeness (QED) is 0.144. The number of aliphatic imine (C=N–C) groups is 1. The highest BCUT2D eigenvalue weighted by atomic mass is 32.1. The van der Waals surface area contributed by atoms with Crippen LogP contribution in [-0.4, -0.2) is 20.7 Å². The minimum atomic E-state index is -0.138. The monoisotopic (exact) mass is 768 g/mol. The molecule has 0 spiro atoms. The Hall–Kier alpha value is -6.76. The SMILES string of the molecule is CC(=NC(=C[C@H](C)c1ccc2oc3c(c2c1)C(c1nc(-c2ccccc2)nc(-c2ccccc2)n1)C(C)C=C3)c1ccccc1)c1ccc2c(c1)sc1ccccc12. The van der Waals surface area contributed by atoms with Crippen molar-refractivity contribution in [3.8, 4) is 22.8 Å². The minimum absolute atomic E-state index is 0.0494. The lowest BCUT2D eigenvalue weighted by Crippen LogP contribution is -2.18. The molecule has 0 saturated carbocycles. The standard InChI is InChI=1S/C52H40N4OS/c1-32-23-27-45-49(48(32)52-55-50(36-17-9-5-10-18-36)54-51(56-52)37-19-11-6-12-20-37)42-30-38(25-28-44(42)57-45)33(2)29-43(35-15-7-4-8-16-35)53-34(3)39-24-26-41-40-21-13-14-22-46(40)58-47(41)31-39/h4-33,48H,1-3H3/t32?,33-,48?/m0/s1. The van der Waals surface area contributed by atoms with E-state index >= 15 is 0 Å². The van der Waals surface area contributed by atoms with Gasteiger partial charge in [0.15, 0.2) is 11.6 Å². The maximum absolute atomic E-state index is 6.56. The second kappa shape index (κ2) is 15.0. The number of hydrogen-bond donors (Lipinski definition) is 0. The van der Waals surface area contributed by atoms with E-state index in [0.717, 1.165) is 61.8 Å². The van der Waals surface area contributed by atoms with Gasteiger partial charge in [-0.1, -0.05) is 153 Å². The molecule has 10 rings (SSSR count). The van der Waals surface area contributed by atoms with E-state index in [2.05, 4.69) is 154 Å². The van der Waals surface area contributed by atoms with Crippen LogP contribution in [0.5, 0.6) is 0 Å². The van der Waals surface area contributed by atoms with E-state index in [0.29, 0.717) is 11.6 Å². The summed E-state index contributed by atoms with van der Waals surface area (Å²) in [7, 11) is 0. The van der Waals surface area contributed by atoms with E-state index < -0.39 is 0 Å². The first-order valence-electron chi connectivity index (χ1n) is 19.8. The molecule has 0 aliphatic heterocycles. The van der Waals surface area contributed by atoms with Gasteiger partial charge in [-0.25, -0.2) is 15.0 Å². The molecule has 0 radical (unpaired) electrons. The minimum Gasteiger partial charge on any atom is -0.456 e. The summed E-state index contributed by atoms with van der Waals surface area (Å²) < 4.78 is 9.14. The van der Waals surface area contributed by atoms with E-state index in [1.54, 1.807) is 0 Å². The zero-order valence-electron chi connectivity index (χ0n) is 32.5. The highest BCUT2D eigenvalue weighted by Crippen LogP contribution is 2.45. The van der Waals surface area contributed by atoms with Crippen LogP contribution in [0.4, 0.5) is 0 Å². The number of aromatic nitrogens is 3. The number of nitrogens with zero attached hydrogens (tertiary/aromatic N) is 4. The number of thiophene rings is 1. The van der Waals surface area contributed by atoms with E-state index in [9.17, 15) is 0 Å². The number of furan rings is 1. The van der Waals surface area contributed by atoms with Gasteiger partial charge in [0.2, 0.25) is 0 Å². The molecule has 3 atom stereocenters. The summed E-state index contributed by atoms with van der Waals surface area (Å²) in [6, 6.07) is 52.7. The molecule has 6 heteroatoms. The molecular formula is C52H40N4OS. The van der Waals surface area contributed by atoms with Gasteiger partial charge in [-0.05, 0) is 59.9 Å². The third-order valence-electron chi connectivity index (χ3n) is 11.2. The van der Waals surface area contributed by atoms with E-state index in [-0.39, 0.29) is 17.8 Å². The average molecular weight is 769 g/mol. The van der Waals surface area contributed by atoms with Crippen LogP contribution in [0.2, 0.25) is 0 Å². The van der Waals surface area contributed by atoms with Crippen molar-refractivity contribution < 1.29 is 4.42 Å². The molecule has 0 saturated heterocycles. The van der Waals surface area contributed by atoms with Crippen LogP contribution in [0.15, 0.2) is 173 Å². The van der Waals surface area contributed by atoms with Gasteiger partial charge in [-0.15, -0.1) is 11.3 Å². The molecule has 1 aliphatic rings. The lowest BCUT2D eigenvalue weighted by Gasteiger charge is -2.24. The summed E-state index contributed by atoms with van der Waals surface area (Å²) in [6.45, 7) is 6.59. The molecule has 3 heterocycles.